The molecule has 0 aliphatic heterocycles. The third kappa shape index (κ3) is 29.2. The Kier molecular flexibility index (Phi) is 50.8. The van der Waals surface area contributed by atoms with Crippen LogP contribution in [-0.4, -0.2) is 57.2 Å². The normalized spacial score (nSPS) is 8.81. The number of hydrogen-bond donors (Lipinski definition) is 2. The summed E-state index contributed by atoms with van der Waals surface area (Å²) in [6, 6.07) is 0. The second-order valence-corrected chi connectivity index (χ2v) is 4.83. The number of carboxylic acids is 6. The maximum atomic E-state index is 10.1. The summed E-state index contributed by atoms with van der Waals surface area (Å²) < 4.78 is 0. The maximum Gasteiger partial charge on any atom is 1.00 e. The van der Waals surface area contributed by atoms with Gasteiger partial charge >= 0.3 is 243 Å². The predicted octanol–water partition coefficient (Wildman–Crippen LogP) is -27.8. The van der Waals surface area contributed by atoms with Crippen LogP contribution in [0.1, 0.15) is 34.2 Å². The van der Waals surface area contributed by atoms with Crippen LogP contribution < -0.4 is 273 Å². The van der Waals surface area contributed by atoms with E-state index in [1.807, 2.05) is 0 Å². The minimum atomic E-state index is -2.97. The van der Waals surface area contributed by atoms with E-state index in [0.717, 1.165) is 0 Å². The molecule has 0 rings (SSSR count). The molecule has 14 nitrogen and oxygen atoms in total. The summed E-state index contributed by atoms with van der Waals surface area (Å²) in [5, 5.41) is 77.9. The number of aliphatic carboxylic acids is 6. The van der Waals surface area contributed by atoms with Crippen LogP contribution in [0.25, 0.3) is 0 Å². The van der Waals surface area contributed by atoms with Crippen molar-refractivity contribution in [3.63, 3.8) is 0 Å². The van der Waals surface area contributed by atoms with E-state index in [2.05, 4.69) is 0 Å². The van der Waals surface area contributed by atoms with E-state index in [1.54, 1.807) is 0 Å². The minimum Gasteiger partial charge on any atom is -1.00 e. The first-order valence-electron chi connectivity index (χ1n) is 6.23. The Morgan fingerprint density at radius 2 is 0.625 bits per heavy atom. The zero-order valence-corrected chi connectivity index (χ0v) is 34.0. The first-order valence-corrected chi connectivity index (χ1v) is 6.23. The smallest absolute Gasteiger partial charge is 1.00 e. The van der Waals surface area contributed by atoms with Gasteiger partial charge < -0.3 is 78.2 Å². The number of rotatable bonds is 10. The van der Waals surface area contributed by atoms with E-state index >= 15 is 0 Å². The molecule has 20 heteroatoms. The van der Waals surface area contributed by atoms with E-state index in [9.17, 15) is 59.4 Å². The van der Waals surface area contributed by atoms with E-state index in [-0.39, 0.29) is 251 Å². The fraction of sp³-hybridized carbons (Fsp3) is 0.500. The minimum absolute atomic E-state index is 0. The quantitative estimate of drug-likeness (QED) is 0.231. The monoisotopic (exact) mass is 570 g/mol. The average molecular weight is 571 g/mol. The molecule has 0 unspecified atom stereocenters. The Labute approximate surface area is 384 Å². The van der Waals surface area contributed by atoms with Crippen molar-refractivity contribution < 1.29 is 321 Å². The van der Waals surface area contributed by atoms with Crippen molar-refractivity contribution in [1.29, 1.82) is 0 Å². The first kappa shape index (κ1) is 56.7. The second kappa shape index (κ2) is 28.7. The molecular formula is C12H16K3Na3O14-6. The number of hydrogen-bond acceptors (Lipinski definition) is 14. The summed E-state index contributed by atoms with van der Waals surface area (Å²) in [7, 11) is 0. The topological polar surface area (TPSA) is 281 Å². The van der Waals surface area contributed by atoms with Crippen molar-refractivity contribution in [2.24, 2.45) is 0 Å². The van der Waals surface area contributed by atoms with Gasteiger partial charge in [0.25, 0.3) is 0 Å². The van der Waals surface area contributed by atoms with Gasteiger partial charge in [-0.05, 0) is 0 Å². The van der Waals surface area contributed by atoms with Crippen molar-refractivity contribution in [3.05, 3.63) is 0 Å². The van der Waals surface area contributed by atoms with Crippen molar-refractivity contribution in [2.45, 2.75) is 36.9 Å². The molecule has 0 saturated carbocycles. The molecule has 2 N–H and O–H groups in total. The molecule has 0 amide bonds. The molecular weight excluding hydrogens is 554 g/mol. The molecule has 0 fully saturated rings. The number of carbonyl (C=O) groups excluding carboxylic acids is 6. The molecule has 0 radical (unpaired) electrons. The fourth-order valence-electron chi connectivity index (χ4n) is 1.37. The third-order valence-corrected chi connectivity index (χ3v) is 2.51. The van der Waals surface area contributed by atoms with Gasteiger partial charge in [0.05, 0.1) is 11.9 Å². The predicted molar refractivity (Wildman–Crippen MR) is 65.1 cm³/mol. The number of carbonyl (C=O) groups is 6. The third-order valence-electron chi connectivity index (χ3n) is 2.51. The summed E-state index contributed by atoms with van der Waals surface area (Å²) in [5.74, 6) is -12.0. The molecule has 0 atom stereocenters. The Morgan fingerprint density at radius 1 is 0.500 bits per heavy atom. The molecule has 0 aromatic rings. The van der Waals surface area contributed by atoms with Crippen LogP contribution in [0.4, 0.5) is 0 Å². The second-order valence-electron chi connectivity index (χ2n) is 4.83. The summed E-state index contributed by atoms with van der Waals surface area (Å²) >= 11 is 0. The Morgan fingerprint density at radius 3 is 0.688 bits per heavy atom. The van der Waals surface area contributed by atoms with Gasteiger partial charge in [-0.3, -0.25) is 0 Å². The van der Waals surface area contributed by atoms with Gasteiger partial charge in [0.2, 0.25) is 0 Å². The van der Waals surface area contributed by atoms with E-state index < -0.39 is 72.7 Å². The molecule has 32 heavy (non-hydrogen) atoms. The Balaban J connectivity index is -0.0000000192. The van der Waals surface area contributed by atoms with Gasteiger partial charge in [0, 0.05) is 49.6 Å². The SMILES string of the molecule is O=C([O-])CC(O)(CC(=O)[O-])C(=O)[O-].O=C([O-])CC(O)(CC(=O)[O-])C(=O)[O-].[H-].[H-].[H-].[H-].[H-].[H-].[K+].[K+].[K+].[Na+].[Na+].[Na+]. The molecule has 0 heterocycles. The van der Waals surface area contributed by atoms with E-state index in [0.29, 0.717) is 0 Å². The van der Waals surface area contributed by atoms with Crippen LogP contribution in [0.5, 0.6) is 0 Å². The van der Waals surface area contributed by atoms with Crippen LogP contribution in [0, 0.1) is 0 Å². The van der Waals surface area contributed by atoms with E-state index in [1.165, 1.54) is 0 Å². The van der Waals surface area contributed by atoms with Crippen molar-refractivity contribution in [2.75, 3.05) is 0 Å². The molecule has 0 aliphatic rings. The molecule has 160 valence electrons. The molecule has 0 aliphatic carbocycles. The van der Waals surface area contributed by atoms with Crippen LogP contribution in [-0.2, 0) is 28.8 Å². The first-order chi connectivity index (χ1) is 11.6. The summed E-state index contributed by atoms with van der Waals surface area (Å²) in [5.41, 5.74) is -5.95. The summed E-state index contributed by atoms with van der Waals surface area (Å²) in [4.78, 5) is 60.0. The maximum absolute atomic E-state index is 10.1. The van der Waals surface area contributed by atoms with Crippen molar-refractivity contribution in [3.8, 4) is 0 Å². The van der Waals surface area contributed by atoms with Crippen LogP contribution in [0.3, 0.4) is 0 Å². The summed E-state index contributed by atoms with van der Waals surface area (Å²) in [6.45, 7) is 0. The van der Waals surface area contributed by atoms with Gasteiger partial charge in [-0.1, -0.05) is 0 Å². The Bertz CT molecular complexity index is 559. The molecule has 0 bridgehead atoms. The largest absolute Gasteiger partial charge is 1.00 e. The zero-order valence-electron chi connectivity index (χ0n) is 24.6. The number of carboxylic acid groups (broad SMARTS) is 6. The Hall–Kier alpha value is 4.65. The van der Waals surface area contributed by atoms with Gasteiger partial charge in [-0.2, -0.15) is 0 Å². The van der Waals surface area contributed by atoms with Crippen LogP contribution >= 0.6 is 0 Å². The van der Waals surface area contributed by atoms with Gasteiger partial charge in [-0.15, -0.1) is 0 Å². The number of aliphatic hydroxyl groups is 2. The summed E-state index contributed by atoms with van der Waals surface area (Å²) in [6.07, 6.45) is -5.43. The van der Waals surface area contributed by atoms with Crippen LogP contribution in [0.2, 0.25) is 0 Å². The van der Waals surface area contributed by atoms with Crippen molar-refractivity contribution >= 4 is 35.8 Å². The van der Waals surface area contributed by atoms with Gasteiger partial charge in [0.1, 0.15) is 11.2 Å². The molecule has 0 saturated heterocycles. The van der Waals surface area contributed by atoms with Crippen molar-refractivity contribution in [1.82, 2.24) is 0 Å². The fourth-order valence-corrected chi connectivity index (χ4v) is 1.37. The zero-order chi connectivity index (χ0) is 21.3. The van der Waals surface area contributed by atoms with Gasteiger partial charge in [-0.25, -0.2) is 0 Å². The molecule has 0 aromatic heterocycles. The van der Waals surface area contributed by atoms with E-state index in [4.69, 9.17) is 10.2 Å². The molecule has 0 aromatic carbocycles. The average Bonchev–Trinajstić information content (AvgIpc) is 2.34. The van der Waals surface area contributed by atoms with Crippen LogP contribution in [0.15, 0.2) is 0 Å². The molecule has 0 spiro atoms. The standard InChI is InChI=1S/2C6H8O7.3K.3Na.6H/c2*7-3(8)1-6(13,5(11)12)2-4(9)10;;;;;;;;;;;;/h2*13H,1-2H2,(H,7,8)(H,9,10)(H,11,12);;;;;;;;;;;;/q;;6*+1;6*-1/p-6. The van der Waals surface area contributed by atoms with Gasteiger partial charge in [0.15, 0.2) is 0 Å².